The van der Waals surface area contributed by atoms with E-state index in [-0.39, 0.29) is 18.7 Å². The number of piperidine rings is 1. The van der Waals surface area contributed by atoms with E-state index in [4.69, 9.17) is 0 Å². The summed E-state index contributed by atoms with van der Waals surface area (Å²) in [7, 11) is 0. The Bertz CT molecular complexity index is 1130. The lowest BCUT2D eigenvalue weighted by Crippen LogP contribution is -2.72. The summed E-state index contributed by atoms with van der Waals surface area (Å²) >= 11 is 0. The predicted molar refractivity (Wildman–Crippen MR) is 115 cm³/mol. The zero-order chi connectivity index (χ0) is 22.5. The van der Waals surface area contributed by atoms with Crippen molar-refractivity contribution in [3.05, 3.63) is 69.8 Å². The van der Waals surface area contributed by atoms with Crippen molar-refractivity contribution in [2.45, 2.75) is 38.3 Å². The summed E-state index contributed by atoms with van der Waals surface area (Å²) in [5.74, 6) is -1.16. The van der Waals surface area contributed by atoms with Crippen molar-refractivity contribution < 1.29 is 19.3 Å². The molecule has 1 N–H and O–H groups in total. The number of barbiturate groups is 1. The molecule has 9 nitrogen and oxygen atoms in total. The number of nitrogens with zero attached hydrogens (tertiary/aromatic N) is 3. The minimum absolute atomic E-state index is 0.0222. The number of urea groups is 1. The maximum absolute atomic E-state index is 13.9. The molecule has 0 unspecified atom stereocenters. The second kappa shape index (κ2) is 7.44. The minimum atomic E-state index is -1.51. The second-order valence-corrected chi connectivity index (χ2v) is 8.56. The van der Waals surface area contributed by atoms with Gasteiger partial charge in [-0.05, 0) is 36.5 Å². The number of nitrogens with one attached hydrogen (secondary N) is 1. The first kappa shape index (κ1) is 20.2. The lowest BCUT2D eigenvalue weighted by atomic mass is 9.66. The number of carbonyl (C=O) groups is 3. The highest BCUT2D eigenvalue weighted by Crippen LogP contribution is 2.48. The SMILES string of the molecule is O=C1NC(=O)[C@@]2(Cc3cc([N+](=O)[O-])ccc3N3CCCC[C@@H]32)C(=O)N1Cc1ccccc1. The molecule has 2 saturated heterocycles. The summed E-state index contributed by atoms with van der Waals surface area (Å²) in [6.45, 7) is 0.694. The highest BCUT2D eigenvalue weighted by molar-refractivity contribution is 6.20. The Morgan fingerprint density at radius 2 is 1.88 bits per heavy atom. The van der Waals surface area contributed by atoms with Gasteiger partial charge in [-0.1, -0.05) is 30.3 Å². The molecule has 0 aromatic heterocycles. The van der Waals surface area contributed by atoms with Crippen LogP contribution in [0.1, 0.15) is 30.4 Å². The van der Waals surface area contributed by atoms with Crippen molar-refractivity contribution in [2.75, 3.05) is 11.4 Å². The molecule has 2 aromatic rings. The molecule has 0 radical (unpaired) electrons. The molecular formula is C23H22N4O5. The van der Waals surface area contributed by atoms with E-state index in [9.17, 15) is 24.5 Å². The molecule has 9 heteroatoms. The maximum atomic E-state index is 13.9. The van der Waals surface area contributed by atoms with Crippen LogP contribution in [-0.4, -0.2) is 40.3 Å². The Labute approximate surface area is 184 Å². The van der Waals surface area contributed by atoms with Crippen molar-refractivity contribution in [2.24, 2.45) is 5.41 Å². The molecule has 0 aliphatic carbocycles. The van der Waals surface area contributed by atoms with Gasteiger partial charge in [0.25, 0.3) is 5.69 Å². The number of rotatable bonds is 3. The summed E-state index contributed by atoms with van der Waals surface area (Å²) in [5, 5.41) is 13.8. The van der Waals surface area contributed by atoms with Gasteiger partial charge in [-0.2, -0.15) is 0 Å². The van der Waals surface area contributed by atoms with Crippen molar-refractivity contribution in [3.8, 4) is 0 Å². The first-order chi connectivity index (χ1) is 15.4. The predicted octanol–water partition coefficient (Wildman–Crippen LogP) is 2.77. The Hall–Kier alpha value is -3.75. The molecule has 5 rings (SSSR count). The molecule has 2 fully saturated rings. The van der Waals surface area contributed by atoms with Gasteiger partial charge in [0.05, 0.1) is 17.5 Å². The van der Waals surface area contributed by atoms with Gasteiger partial charge in [0.15, 0.2) is 5.41 Å². The third kappa shape index (κ3) is 2.96. The van der Waals surface area contributed by atoms with Crippen LogP contribution in [0.4, 0.5) is 16.2 Å². The molecule has 2 atom stereocenters. The lowest BCUT2D eigenvalue weighted by Gasteiger charge is -2.53. The van der Waals surface area contributed by atoms with Crippen molar-refractivity contribution in [3.63, 3.8) is 0 Å². The molecule has 3 aliphatic heterocycles. The van der Waals surface area contributed by atoms with Gasteiger partial charge < -0.3 is 4.90 Å². The van der Waals surface area contributed by atoms with Crippen LogP contribution in [0.15, 0.2) is 48.5 Å². The van der Waals surface area contributed by atoms with Gasteiger partial charge in [0.1, 0.15) is 0 Å². The number of nitro groups is 1. The molecule has 32 heavy (non-hydrogen) atoms. The number of imide groups is 2. The number of carbonyl (C=O) groups excluding carboxylic acids is 3. The Kier molecular flexibility index (Phi) is 4.69. The van der Waals surface area contributed by atoms with E-state index in [1.54, 1.807) is 6.07 Å². The minimum Gasteiger partial charge on any atom is -0.367 e. The topological polar surface area (TPSA) is 113 Å². The lowest BCUT2D eigenvalue weighted by molar-refractivity contribution is -0.384. The zero-order valence-corrected chi connectivity index (χ0v) is 17.3. The third-order valence-corrected chi connectivity index (χ3v) is 6.81. The summed E-state index contributed by atoms with van der Waals surface area (Å²) in [5.41, 5.74) is 0.571. The fourth-order valence-electron chi connectivity index (χ4n) is 5.32. The maximum Gasteiger partial charge on any atom is 0.331 e. The molecule has 0 saturated carbocycles. The second-order valence-electron chi connectivity index (χ2n) is 8.56. The van der Waals surface area contributed by atoms with E-state index in [2.05, 4.69) is 5.32 Å². The average Bonchev–Trinajstić information content (AvgIpc) is 2.80. The summed E-state index contributed by atoms with van der Waals surface area (Å²) in [6, 6.07) is 12.6. The smallest absolute Gasteiger partial charge is 0.331 e. The number of amides is 4. The van der Waals surface area contributed by atoms with Gasteiger partial charge in [-0.25, -0.2) is 4.79 Å². The molecule has 2 aromatic carbocycles. The van der Waals surface area contributed by atoms with E-state index >= 15 is 0 Å². The van der Waals surface area contributed by atoms with Crippen LogP contribution in [0, 0.1) is 15.5 Å². The number of hydrogen-bond donors (Lipinski definition) is 1. The Balaban J connectivity index is 1.61. The van der Waals surface area contributed by atoms with E-state index in [1.807, 2.05) is 35.2 Å². The Morgan fingerprint density at radius 1 is 1.09 bits per heavy atom. The number of anilines is 1. The zero-order valence-electron chi connectivity index (χ0n) is 17.3. The normalized spacial score (nSPS) is 24.8. The van der Waals surface area contributed by atoms with Crippen LogP contribution in [0.5, 0.6) is 0 Å². The highest BCUT2D eigenvalue weighted by atomic mass is 16.6. The first-order valence-electron chi connectivity index (χ1n) is 10.7. The fraction of sp³-hybridized carbons (Fsp3) is 0.348. The van der Waals surface area contributed by atoms with Crippen molar-refractivity contribution in [1.82, 2.24) is 10.2 Å². The molecule has 164 valence electrons. The molecule has 3 heterocycles. The van der Waals surface area contributed by atoms with Crippen LogP contribution < -0.4 is 10.2 Å². The number of hydrogen-bond acceptors (Lipinski definition) is 6. The monoisotopic (exact) mass is 434 g/mol. The van der Waals surface area contributed by atoms with Crippen LogP contribution in [0.25, 0.3) is 0 Å². The first-order valence-corrected chi connectivity index (χ1v) is 10.7. The fourth-order valence-corrected chi connectivity index (χ4v) is 5.32. The summed E-state index contributed by atoms with van der Waals surface area (Å²) in [4.78, 5) is 53.9. The standard InChI is InChI=1S/C23H22N4O5/c28-20-23(21(29)26(22(30)24-20)14-15-6-2-1-3-7-15)13-16-12-17(27(31)32)9-10-18(16)25-11-5-4-8-19(23)25/h1-3,6-7,9-10,12,19H,4-5,8,11,13-14H2,(H,24,28,30)/t19-,23+/m1/s1. The van der Waals surface area contributed by atoms with Gasteiger partial charge >= 0.3 is 6.03 Å². The van der Waals surface area contributed by atoms with Gasteiger partial charge in [-0.3, -0.25) is 29.9 Å². The van der Waals surface area contributed by atoms with Gasteiger partial charge in [0, 0.05) is 30.8 Å². The molecule has 0 bridgehead atoms. The Morgan fingerprint density at radius 3 is 2.62 bits per heavy atom. The molecule has 3 aliphatic rings. The van der Waals surface area contributed by atoms with Crippen LogP contribution in [-0.2, 0) is 22.6 Å². The summed E-state index contributed by atoms with van der Waals surface area (Å²) < 4.78 is 0. The van der Waals surface area contributed by atoms with E-state index < -0.39 is 34.2 Å². The molecule has 1 spiro atoms. The van der Waals surface area contributed by atoms with Gasteiger partial charge in [-0.15, -0.1) is 0 Å². The van der Waals surface area contributed by atoms with E-state index in [0.29, 0.717) is 18.5 Å². The average molecular weight is 434 g/mol. The van der Waals surface area contributed by atoms with Crippen LogP contribution in [0.3, 0.4) is 0 Å². The number of benzene rings is 2. The number of non-ortho nitro benzene ring substituents is 1. The largest absolute Gasteiger partial charge is 0.367 e. The summed E-state index contributed by atoms with van der Waals surface area (Å²) in [6.07, 6.45) is 2.40. The quantitative estimate of drug-likeness (QED) is 0.452. The highest BCUT2D eigenvalue weighted by Gasteiger charge is 2.62. The van der Waals surface area contributed by atoms with E-state index in [0.717, 1.165) is 29.0 Å². The third-order valence-electron chi connectivity index (χ3n) is 6.81. The van der Waals surface area contributed by atoms with E-state index in [1.165, 1.54) is 12.1 Å². The van der Waals surface area contributed by atoms with Crippen molar-refractivity contribution >= 4 is 29.2 Å². The number of nitro benzene ring substituents is 1. The molecular weight excluding hydrogens is 412 g/mol. The number of fused-ring (bicyclic) bond motifs is 4. The van der Waals surface area contributed by atoms with Crippen LogP contribution in [0.2, 0.25) is 0 Å². The van der Waals surface area contributed by atoms with Gasteiger partial charge in [0.2, 0.25) is 11.8 Å². The van der Waals surface area contributed by atoms with Crippen molar-refractivity contribution in [1.29, 1.82) is 0 Å². The van der Waals surface area contributed by atoms with Crippen LogP contribution >= 0.6 is 0 Å². The molecule has 4 amide bonds.